The number of ether oxygens (including phenoxy) is 1. The Hall–Kier alpha value is -2.43. The molecular weight excluding hydrogens is 309 g/mol. The van der Waals surface area contributed by atoms with Crippen LogP contribution in [0.2, 0.25) is 0 Å². The maximum Gasteiger partial charge on any atom is 0.265 e. The van der Waals surface area contributed by atoms with E-state index in [1.807, 2.05) is 0 Å². The largest absolute Gasteiger partial charge is 0.454 e. The van der Waals surface area contributed by atoms with E-state index in [9.17, 15) is 12.8 Å². The van der Waals surface area contributed by atoms with E-state index in [1.54, 1.807) is 36.4 Å². The number of halogens is 1. The number of nitrogens with zero attached hydrogens (tertiary/aromatic N) is 1. The molecule has 2 aromatic rings. The summed E-state index contributed by atoms with van der Waals surface area (Å²) in [5.74, 6) is -0.346. The van der Waals surface area contributed by atoms with Crippen LogP contribution in [0.3, 0.4) is 0 Å². The molecule has 1 atom stereocenters. The lowest BCUT2D eigenvalue weighted by Crippen LogP contribution is -2.09. The molecule has 0 radical (unpaired) electrons. The third kappa shape index (κ3) is 4.28. The van der Waals surface area contributed by atoms with Crippen molar-refractivity contribution in [1.82, 2.24) is 0 Å². The normalized spacial score (nSPS) is 12.4. The van der Waals surface area contributed by atoms with Gasteiger partial charge in [0.05, 0.1) is 6.26 Å². The lowest BCUT2D eigenvalue weighted by molar-refractivity contribution is 0.270. The second-order valence-electron chi connectivity index (χ2n) is 4.41. The Morgan fingerprint density at radius 1 is 1.18 bits per heavy atom. The van der Waals surface area contributed by atoms with Crippen LogP contribution in [0.15, 0.2) is 48.5 Å². The first-order valence-corrected chi connectivity index (χ1v) is 8.01. The summed E-state index contributed by atoms with van der Waals surface area (Å²) in [4.78, 5) is 0. The third-order valence-electron chi connectivity index (χ3n) is 2.62. The maximum atomic E-state index is 13.8. The van der Waals surface area contributed by atoms with Crippen molar-refractivity contribution in [1.29, 1.82) is 5.26 Å². The maximum absolute atomic E-state index is 13.8. The van der Waals surface area contributed by atoms with Crippen LogP contribution in [0.25, 0.3) is 0 Å². The molecule has 0 fully saturated rings. The zero-order valence-corrected chi connectivity index (χ0v) is 12.4. The van der Waals surface area contributed by atoms with Gasteiger partial charge in [0.2, 0.25) is 0 Å². The molecule has 0 heterocycles. The summed E-state index contributed by atoms with van der Waals surface area (Å²) in [5.41, 5.74) is 0.181. The number of hydrogen-bond donors (Lipinski definition) is 0. The van der Waals surface area contributed by atoms with Crippen molar-refractivity contribution in [2.75, 3.05) is 6.26 Å². The van der Waals surface area contributed by atoms with Gasteiger partial charge in [0.25, 0.3) is 10.1 Å². The summed E-state index contributed by atoms with van der Waals surface area (Å²) in [6, 6.07) is 13.8. The van der Waals surface area contributed by atoms with Gasteiger partial charge >= 0.3 is 0 Å². The molecular formula is C15H12FNO4S. The molecule has 114 valence electrons. The number of rotatable bonds is 5. The zero-order chi connectivity index (χ0) is 16.2. The van der Waals surface area contributed by atoms with Gasteiger partial charge in [0, 0.05) is 5.56 Å². The van der Waals surface area contributed by atoms with Crippen LogP contribution in [0.1, 0.15) is 11.7 Å². The van der Waals surface area contributed by atoms with Crippen LogP contribution >= 0.6 is 0 Å². The van der Waals surface area contributed by atoms with Crippen LogP contribution in [0, 0.1) is 17.1 Å². The molecule has 1 unspecified atom stereocenters. The molecule has 2 rings (SSSR count). The van der Waals surface area contributed by atoms with Gasteiger partial charge in [-0.25, -0.2) is 8.57 Å². The summed E-state index contributed by atoms with van der Waals surface area (Å²) < 4.78 is 46.1. The van der Waals surface area contributed by atoms with Gasteiger partial charge in [-0.2, -0.15) is 13.7 Å². The minimum atomic E-state index is -3.82. The number of benzene rings is 2. The summed E-state index contributed by atoms with van der Waals surface area (Å²) in [5, 5.41) is 9.02. The van der Waals surface area contributed by atoms with E-state index in [0.717, 1.165) is 12.3 Å². The summed E-state index contributed by atoms with van der Waals surface area (Å²) in [7, 11) is -3.82. The van der Waals surface area contributed by atoms with Crippen LogP contribution in [-0.2, 0) is 14.3 Å². The van der Waals surface area contributed by atoms with Crippen LogP contribution in [0.5, 0.6) is 11.5 Å². The molecule has 0 saturated heterocycles. The zero-order valence-electron chi connectivity index (χ0n) is 11.6. The average Bonchev–Trinajstić information content (AvgIpc) is 2.47. The Balaban J connectivity index is 2.32. The topological polar surface area (TPSA) is 76.4 Å². The van der Waals surface area contributed by atoms with Gasteiger partial charge in [-0.05, 0) is 24.3 Å². The fourth-order valence-electron chi connectivity index (χ4n) is 1.70. The molecule has 0 aromatic heterocycles. The number of para-hydroxylation sites is 1. The van der Waals surface area contributed by atoms with Crippen molar-refractivity contribution in [2.24, 2.45) is 0 Å². The van der Waals surface area contributed by atoms with Gasteiger partial charge in [0.1, 0.15) is 11.8 Å². The Bertz CT molecular complexity index is 800. The molecule has 0 saturated carbocycles. The molecule has 0 spiro atoms. The minimum Gasteiger partial charge on any atom is -0.454 e. The molecule has 2 aromatic carbocycles. The standard InChI is InChI=1S/C15H12FNO4S/c1-22(18,19)21-15(10-17)11-7-8-13(16)14(9-11)20-12-5-3-2-4-6-12/h2-9,15H,1H3. The van der Waals surface area contributed by atoms with Gasteiger partial charge in [0.15, 0.2) is 17.7 Å². The van der Waals surface area contributed by atoms with Crippen LogP contribution in [0.4, 0.5) is 4.39 Å². The highest BCUT2D eigenvalue weighted by atomic mass is 32.2. The SMILES string of the molecule is CS(=O)(=O)OC(C#N)c1ccc(F)c(Oc2ccccc2)c1. The molecule has 0 N–H and O–H groups in total. The average molecular weight is 321 g/mol. The lowest BCUT2D eigenvalue weighted by Gasteiger charge is -2.12. The lowest BCUT2D eigenvalue weighted by atomic mass is 10.1. The summed E-state index contributed by atoms with van der Waals surface area (Å²) >= 11 is 0. The Labute approximate surface area is 127 Å². The van der Waals surface area contributed by atoms with E-state index in [2.05, 4.69) is 4.18 Å². The molecule has 7 heteroatoms. The first-order chi connectivity index (χ1) is 10.4. The minimum absolute atomic E-state index is 0.124. The molecule has 22 heavy (non-hydrogen) atoms. The van der Waals surface area contributed by atoms with E-state index in [-0.39, 0.29) is 11.3 Å². The third-order valence-corrected chi connectivity index (χ3v) is 3.16. The van der Waals surface area contributed by atoms with Gasteiger partial charge < -0.3 is 4.74 Å². The molecule has 0 aliphatic heterocycles. The quantitative estimate of drug-likeness (QED) is 0.791. The fraction of sp³-hybridized carbons (Fsp3) is 0.133. The van der Waals surface area contributed by atoms with E-state index in [4.69, 9.17) is 10.00 Å². The first kappa shape index (κ1) is 15.9. The highest BCUT2D eigenvalue weighted by Gasteiger charge is 2.19. The van der Waals surface area contributed by atoms with Gasteiger partial charge in [-0.1, -0.05) is 24.3 Å². The Kier molecular flexibility index (Phi) is 4.75. The summed E-state index contributed by atoms with van der Waals surface area (Å²) in [6.07, 6.45) is -0.531. The van der Waals surface area contributed by atoms with Crippen molar-refractivity contribution < 1.29 is 21.7 Å². The van der Waals surface area contributed by atoms with Crippen molar-refractivity contribution in [3.8, 4) is 17.6 Å². The number of nitriles is 1. The first-order valence-electron chi connectivity index (χ1n) is 6.19. The Morgan fingerprint density at radius 3 is 2.45 bits per heavy atom. The van der Waals surface area contributed by atoms with Crippen molar-refractivity contribution in [3.63, 3.8) is 0 Å². The molecule has 5 nitrogen and oxygen atoms in total. The molecule has 0 aliphatic carbocycles. The van der Waals surface area contributed by atoms with Gasteiger partial charge in [-0.3, -0.25) is 0 Å². The highest BCUT2D eigenvalue weighted by molar-refractivity contribution is 7.86. The summed E-state index contributed by atoms with van der Waals surface area (Å²) in [6.45, 7) is 0. The molecule has 0 bridgehead atoms. The second-order valence-corrected chi connectivity index (χ2v) is 6.02. The predicted octanol–water partition coefficient (Wildman–Crippen LogP) is 3.16. The van der Waals surface area contributed by atoms with E-state index < -0.39 is 22.0 Å². The predicted molar refractivity (Wildman–Crippen MR) is 77.2 cm³/mol. The highest BCUT2D eigenvalue weighted by Crippen LogP contribution is 2.29. The van der Waals surface area contributed by atoms with Crippen molar-refractivity contribution in [3.05, 3.63) is 59.9 Å². The van der Waals surface area contributed by atoms with Crippen molar-refractivity contribution >= 4 is 10.1 Å². The monoisotopic (exact) mass is 321 g/mol. The molecule has 0 aliphatic rings. The second kappa shape index (κ2) is 6.56. The van der Waals surface area contributed by atoms with E-state index >= 15 is 0 Å². The van der Waals surface area contributed by atoms with Gasteiger partial charge in [-0.15, -0.1) is 0 Å². The smallest absolute Gasteiger partial charge is 0.265 e. The van der Waals surface area contributed by atoms with E-state index in [0.29, 0.717) is 5.75 Å². The van der Waals surface area contributed by atoms with Crippen LogP contribution in [-0.4, -0.2) is 14.7 Å². The fourth-order valence-corrected chi connectivity index (χ4v) is 2.21. The van der Waals surface area contributed by atoms with Crippen LogP contribution < -0.4 is 4.74 Å². The Morgan fingerprint density at radius 2 is 1.86 bits per heavy atom. The number of hydrogen-bond acceptors (Lipinski definition) is 5. The van der Waals surface area contributed by atoms with E-state index in [1.165, 1.54) is 12.1 Å². The molecule has 0 amide bonds. The van der Waals surface area contributed by atoms with Crippen molar-refractivity contribution in [2.45, 2.75) is 6.10 Å².